The first kappa shape index (κ1) is 14.2. The van der Waals surface area contributed by atoms with Crippen LogP contribution in [0, 0.1) is 0 Å². The Hall–Kier alpha value is -0.870. The van der Waals surface area contributed by atoms with Gasteiger partial charge in [-0.25, -0.2) is 0 Å². The number of aryl methyl sites for hydroxylation is 1. The van der Waals surface area contributed by atoms with Crippen LogP contribution in [0.15, 0.2) is 12.3 Å². The standard InChI is InChI=1S/C13H25N3O/c1-5-17-10-6-8-16-9-7-12(15-16)11-14-13(2,3)4/h7,9,14H,5-6,8,10-11H2,1-4H3. The molecule has 0 atom stereocenters. The maximum Gasteiger partial charge on any atom is 0.0762 e. The van der Waals surface area contributed by atoms with Crippen molar-refractivity contribution < 1.29 is 4.74 Å². The van der Waals surface area contributed by atoms with Gasteiger partial charge in [0.1, 0.15) is 0 Å². The Morgan fingerprint density at radius 2 is 2.18 bits per heavy atom. The molecule has 0 spiro atoms. The van der Waals surface area contributed by atoms with E-state index in [1.54, 1.807) is 0 Å². The maximum absolute atomic E-state index is 5.30. The van der Waals surface area contributed by atoms with E-state index < -0.39 is 0 Å². The van der Waals surface area contributed by atoms with Gasteiger partial charge in [0.2, 0.25) is 0 Å². The number of nitrogens with one attached hydrogen (secondary N) is 1. The monoisotopic (exact) mass is 239 g/mol. The van der Waals surface area contributed by atoms with Gasteiger partial charge in [0.15, 0.2) is 0 Å². The van der Waals surface area contributed by atoms with Gasteiger partial charge < -0.3 is 10.1 Å². The van der Waals surface area contributed by atoms with Crippen molar-refractivity contribution in [1.82, 2.24) is 15.1 Å². The van der Waals surface area contributed by atoms with Crippen molar-refractivity contribution in [2.24, 2.45) is 0 Å². The lowest BCUT2D eigenvalue weighted by Gasteiger charge is -2.19. The van der Waals surface area contributed by atoms with Crippen LogP contribution in [0.5, 0.6) is 0 Å². The predicted molar refractivity (Wildman–Crippen MR) is 69.9 cm³/mol. The molecule has 4 nitrogen and oxygen atoms in total. The summed E-state index contributed by atoms with van der Waals surface area (Å²) in [5.41, 5.74) is 1.23. The van der Waals surface area contributed by atoms with E-state index in [9.17, 15) is 0 Å². The van der Waals surface area contributed by atoms with E-state index in [-0.39, 0.29) is 5.54 Å². The Kier molecular flexibility index (Phi) is 5.65. The van der Waals surface area contributed by atoms with E-state index in [1.165, 1.54) is 0 Å². The van der Waals surface area contributed by atoms with Gasteiger partial charge in [0.05, 0.1) is 5.69 Å². The molecular weight excluding hydrogens is 214 g/mol. The Morgan fingerprint density at radius 3 is 2.82 bits per heavy atom. The average molecular weight is 239 g/mol. The molecule has 0 aromatic carbocycles. The van der Waals surface area contributed by atoms with Gasteiger partial charge in [-0.1, -0.05) is 0 Å². The van der Waals surface area contributed by atoms with Crippen LogP contribution in [0.3, 0.4) is 0 Å². The van der Waals surface area contributed by atoms with Crippen molar-refractivity contribution in [3.8, 4) is 0 Å². The molecule has 0 fully saturated rings. The highest BCUT2D eigenvalue weighted by Gasteiger charge is 2.09. The molecule has 0 aliphatic rings. The summed E-state index contributed by atoms with van der Waals surface area (Å²) in [6.07, 6.45) is 3.05. The molecule has 0 unspecified atom stereocenters. The van der Waals surface area contributed by atoms with Gasteiger partial charge in [-0.15, -0.1) is 0 Å². The topological polar surface area (TPSA) is 39.1 Å². The number of nitrogens with zero attached hydrogens (tertiary/aromatic N) is 2. The zero-order valence-corrected chi connectivity index (χ0v) is 11.5. The summed E-state index contributed by atoms with van der Waals surface area (Å²) >= 11 is 0. The maximum atomic E-state index is 5.30. The smallest absolute Gasteiger partial charge is 0.0762 e. The molecular formula is C13H25N3O. The van der Waals surface area contributed by atoms with Crippen molar-refractivity contribution in [1.29, 1.82) is 0 Å². The van der Waals surface area contributed by atoms with Gasteiger partial charge >= 0.3 is 0 Å². The molecule has 98 valence electrons. The molecule has 1 aromatic rings. The van der Waals surface area contributed by atoms with Gasteiger partial charge in [0, 0.05) is 38.0 Å². The molecule has 17 heavy (non-hydrogen) atoms. The summed E-state index contributed by atoms with van der Waals surface area (Å²) in [6.45, 7) is 11.8. The van der Waals surface area contributed by atoms with Crippen LogP contribution >= 0.6 is 0 Å². The van der Waals surface area contributed by atoms with Crippen LogP contribution in [0.4, 0.5) is 0 Å². The third-order valence-electron chi connectivity index (χ3n) is 2.38. The highest BCUT2D eigenvalue weighted by atomic mass is 16.5. The largest absolute Gasteiger partial charge is 0.382 e. The molecule has 0 saturated heterocycles. The van der Waals surface area contributed by atoms with Crippen molar-refractivity contribution in [3.63, 3.8) is 0 Å². The van der Waals surface area contributed by atoms with Crippen molar-refractivity contribution >= 4 is 0 Å². The van der Waals surface area contributed by atoms with Crippen molar-refractivity contribution in [2.75, 3.05) is 13.2 Å². The summed E-state index contributed by atoms with van der Waals surface area (Å²) in [5, 5.41) is 7.94. The first-order chi connectivity index (χ1) is 8.01. The van der Waals surface area contributed by atoms with Crippen molar-refractivity contribution in [2.45, 2.75) is 52.7 Å². The third-order valence-corrected chi connectivity index (χ3v) is 2.38. The van der Waals surface area contributed by atoms with Gasteiger partial charge in [0.25, 0.3) is 0 Å². The molecule has 1 N–H and O–H groups in total. The van der Waals surface area contributed by atoms with E-state index in [2.05, 4.69) is 37.3 Å². The van der Waals surface area contributed by atoms with E-state index in [0.717, 1.165) is 38.4 Å². The van der Waals surface area contributed by atoms with E-state index in [1.807, 2.05) is 17.8 Å². The van der Waals surface area contributed by atoms with Gasteiger partial charge in [-0.2, -0.15) is 5.10 Å². The molecule has 1 heterocycles. The van der Waals surface area contributed by atoms with Crippen LogP contribution in [0.1, 0.15) is 39.8 Å². The minimum Gasteiger partial charge on any atom is -0.382 e. The minimum atomic E-state index is 0.138. The zero-order chi connectivity index (χ0) is 12.7. The normalized spacial score (nSPS) is 12.0. The van der Waals surface area contributed by atoms with E-state index in [0.29, 0.717) is 0 Å². The molecule has 0 amide bonds. The van der Waals surface area contributed by atoms with Gasteiger partial charge in [-0.05, 0) is 40.2 Å². The Balaban J connectivity index is 2.28. The molecule has 4 heteroatoms. The number of hydrogen-bond donors (Lipinski definition) is 1. The third kappa shape index (κ3) is 6.44. The fraction of sp³-hybridized carbons (Fsp3) is 0.769. The number of hydrogen-bond acceptors (Lipinski definition) is 3. The van der Waals surface area contributed by atoms with Crippen LogP contribution in [-0.2, 0) is 17.8 Å². The second-order valence-electron chi connectivity index (χ2n) is 5.22. The molecule has 0 aliphatic heterocycles. The minimum absolute atomic E-state index is 0.138. The lowest BCUT2D eigenvalue weighted by Crippen LogP contribution is -2.35. The summed E-state index contributed by atoms with van der Waals surface area (Å²) in [4.78, 5) is 0. The zero-order valence-electron chi connectivity index (χ0n) is 11.5. The lowest BCUT2D eigenvalue weighted by molar-refractivity contribution is 0.140. The highest BCUT2D eigenvalue weighted by Crippen LogP contribution is 2.03. The highest BCUT2D eigenvalue weighted by molar-refractivity contribution is 4.99. The predicted octanol–water partition coefficient (Wildman–Crippen LogP) is 2.20. The molecule has 0 saturated carbocycles. The first-order valence-electron chi connectivity index (χ1n) is 6.36. The number of aromatic nitrogens is 2. The molecule has 0 bridgehead atoms. The fourth-order valence-electron chi connectivity index (χ4n) is 1.45. The fourth-order valence-corrected chi connectivity index (χ4v) is 1.45. The SMILES string of the molecule is CCOCCCn1ccc(CNC(C)(C)C)n1. The summed E-state index contributed by atoms with van der Waals surface area (Å²) < 4.78 is 7.29. The molecule has 1 rings (SSSR count). The Morgan fingerprint density at radius 1 is 1.41 bits per heavy atom. The van der Waals surface area contributed by atoms with Crippen LogP contribution in [0.25, 0.3) is 0 Å². The second kappa shape index (κ2) is 6.77. The Labute approximate surface area is 104 Å². The van der Waals surface area contributed by atoms with E-state index in [4.69, 9.17) is 4.74 Å². The number of ether oxygens (including phenoxy) is 1. The molecule has 0 aliphatic carbocycles. The summed E-state index contributed by atoms with van der Waals surface area (Å²) in [7, 11) is 0. The first-order valence-corrected chi connectivity index (χ1v) is 6.36. The molecule has 1 aromatic heterocycles. The van der Waals surface area contributed by atoms with Gasteiger partial charge in [-0.3, -0.25) is 4.68 Å². The van der Waals surface area contributed by atoms with Crippen LogP contribution < -0.4 is 5.32 Å². The Bertz CT molecular complexity index is 315. The molecule has 0 radical (unpaired) electrons. The quantitative estimate of drug-likeness (QED) is 0.741. The number of rotatable bonds is 7. The second-order valence-corrected chi connectivity index (χ2v) is 5.22. The van der Waals surface area contributed by atoms with Crippen LogP contribution in [0.2, 0.25) is 0 Å². The average Bonchev–Trinajstić information content (AvgIpc) is 2.69. The van der Waals surface area contributed by atoms with Crippen molar-refractivity contribution in [3.05, 3.63) is 18.0 Å². The van der Waals surface area contributed by atoms with E-state index >= 15 is 0 Å². The van der Waals surface area contributed by atoms with Crippen LogP contribution in [-0.4, -0.2) is 28.5 Å². The summed E-state index contributed by atoms with van der Waals surface area (Å²) in [5.74, 6) is 0. The lowest BCUT2D eigenvalue weighted by atomic mass is 10.1. The summed E-state index contributed by atoms with van der Waals surface area (Å²) in [6, 6.07) is 2.07.